The summed E-state index contributed by atoms with van der Waals surface area (Å²) in [4.78, 5) is 26.5. The van der Waals surface area contributed by atoms with Crippen LogP contribution in [0, 0.1) is 5.95 Å². The van der Waals surface area contributed by atoms with E-state index in [-0.39, 0.29) is 18.0 Å². The molecule has 2 aromatic heterocycles. The molecule has 37 heavy (non-hydrogen) atoms. The van der Waals surface area contributed by atoms with Crippen molar-refractivity contribution < 1.29 is 9.18 Å². The van der Waals surface area contributed by atoms with E-state index in [1.54, 1.807) is 17.0 Å². The van der Waals surface area contributed by atoms with E-state index in [0.29, 0.717) is 23.8 Å². The van der Waals surface area contributed by atoms with E-state index in [2.05, 4.69) is 15.2 Å². The van der Waals surface area contributed by atoms with Crippen molar-refractivity contribution >= 4 is 23.5 Å². The molecule has 4 aliphatic rings. The summed E-state index contributed by atoms with van der Waals surface area (Å²) in [5.74, 6) is 1.73. The predicted octanol–water partition coefficient (Wildman–Crippen LogP) is 4.67. The molecule has 1 aromatic carbocycles. The number of carbonyl (C=O) groups excluding carboxylic acids is 1. The molecule has 3 aromatic rings. The van der Waals surface area contributed by atoms with Gasteiger partial charge >= 0.3 is 0 Å². The highest BCUT2D eigenvalue weighted by Crippen LogP contribution is 2.43. The van der Waals surface area contributed by atoms with E-state index < -0.39 is 5.95 Å². The molecule has 2 saturated carbocycles. The lowest BCUT2D eigenvalue weighted by molar-refractivity contribution is 0.0865. The summed E-state index contributed by atoms with van der Waals surface area (Å²) in [5, 5.41) is 8.76. The van der Waals surface area contributed by atoms with E-state index >= 15 is 0 Å². The van der Waals surface area contributed by atoms with Crippen LogP contribution in [0.4, 0.5) is 16.0 Å². The van der Waals surface area contributed by atoms with Crippen LogP contribution in [0.25, 0.3) is 11.3 Å². The Labute approximate surface area is 215 Å². The number of nitrogens with zero attached hydrogens (tertiary/aromatic N) is 6. The van der Waals surface area contributed by atoms with E-state index in [9.17, 15) is 9.18 Å². The van der Waals surface area contributed by atoms with Crippen molar-refractivity contribution in [2.24, 2.45) is 4.99 Å². The molecule has 9 heteroatoms. The van der Waals surface area contributed by atoms with Gasteiger partial charge in [0.15, 0.2) is 5.82 Å². The Morgan fingerprint density at radius 1 is 1.03 bits per heavy atom. The van der Waals surface area contributed by atoms with Crippen LogP contribution in [-0.2, 0) is 6.54 Å². The maximum absolute atomic E-state index is 13.7. The first-order valence-electron chi connectivity index (χ1n) is 13.3. The third-order valence-corrected chi connectivity index (χ3v) is 8.25. The van der Waals surface area contributed by atoms with Gasteiger partial charge in [-0.25, -0.2) is 14.7 Å². The minimum absolute atomic E-state index is 0.0516. The van der Waals surface area contributed by atoms with Gasteiger partial charge in [0.25, 0.3) is 5.91 Å². The smallest absolute Gasteiger partial charge is 0.267 e. The number of carbonyl (C=O) groups is 1. The third kappa shape index (κ3) is 3.70. The highest BCUT2D eigenvalue weighted by molar-refractivity contribution is 6.21. The van der Waals surface area contributed by atoms with E-state index in [1.165, 1.54) is 18.9 Å². The lowest BCUT2D eigenvalue weighted by Gasteiger charge is -2.34. The van der Waals surface area contributed by atoms with E-state index in [4.69, 9.17) is 10.1 Å². The first-order chi connectivity index (χ1) is 18.1. The minimum atomic E-state index is -0.490. The quantitative estimate of drug-likeness (QED) is 0.516. The number of benzene rings is 1. The van der Waals surface area contributed by atoms with Crippen LogP contribution in [0.3, 0.4) is 0 Å². The number of guanidine groups is 1. The summed E-state index contributed by atoms with van der Waals surface area (Å²) in [6, 6.07) is 13.6. The fourth-order valence-electron chi connectivity index (χ4n) is 6.35. The average Bonchev–Trinajstić information content (AvgIpc) is 3.68. The molecule has 0 unspecified atom stereocenters. The van der Waals surface area contributed by atoms with Gasteiger partial charge in [-0.1, -0.05) is 43.2 Å². The molecular formula is C28H30FN7O. The van der Waals surface area contributed by atoms with Crippen molar-refractivity contribution in [2.45, 2.75) is 69.6 Å². The summed E-state index contributed by atoms with van der Waals surface area (Å²) in [7, 11) is 1.83. The number of halogens is 1. The molecule has 1 amide bonds. The molecule has 7 rings (SSSR count). The monoisotopic (exact) mass is 499 g/mol. The first-order valence-corrected chi connectivity index (χ1v) is 13.3. The summed E-state index contributed by atoms with van der Waals surface area (Å²) in [5.41, 5.74) is 3.16. The maximum Gasteiger partial charge on any atom is 0.267 e. The van der Waals surface area contributed by atoms with Crippen LogP contribution in [0.5, 0.6) is 0 Å². The molecule has 190 valence electrons. The molecule has 2 aliphatic heterocycles. The van der Waals surface area contributed by atoms with E-state index in [0.717, 1.165) is 60.8 Å². The van der Waals surface area contributed by atoms with Crippen molar-refractivity contribution in [1.29, 1.82) is 0 Å². The standard InChI is InChI=1S/C28H30FN7O/c1-34-27(37)24-25(30-19-6-2-3-7-19)35(33-26(24)36-22-10-4-9-21(22)32-28(34)36)16-17-12-14-18(15-13-17)20-8-5-11-23(29)31-20/h5,8,11-15,19,21-22,30H,2-4,6-7,9-10,16H2,1H3/t21-,22+/m1/s1. The van der Waals surface area contributed by atoms with Crippen molar-refractivity contribution in [2.75, 3.05) is 17.3 Å². The lowest BCUT2D eigenvalue weighted by atomic mass is 10.1. The fourth-order valence-corrected chi connectivity index (χ4v) is 6.35. The largest absolute Gasteiger partial charge is 0.367 e. The molecular weight excluding hydrogens is 469 g/mol. The zero-order valence-electron chi connectivity index (χ0n) is 20.9. The SMILES string of the molecule is CN1C(=O)c2c(nn(Cc3ccc(-c4cccc(F)n4)cc3)c2NC2CCCC2)N2C1=N[C@@H]1CCC[C@@H]12. The van der Waals surface area contributed by atoms with Crippen LogP contribution >= 0.6 is 0 Å². The highest BCUT2D eigenvalue weighted by Gasteiger charge is 2.49. The number of hydrogen-bond donors (Lipinski definition) is 1. The van der Waals surface area contributed by atoms with Crippen LogP contribution in [-0.4, -0.2) is 56.7 Å². The number of fused-ring (bicyclic) bond motifs is 5. The fraction of sp³-hybridized carbons (Fsp3) is 0.429. The summed E-state index contributed by atoms with van der Waals surface area (Å²) < 4.78 is 15.6. The first kappa shape index (κ1) is 22.4. The molecule has 0 saturated heterocycles. The van der Waals surface area contributed by atoms with Gasteiger partial charge in [0.1, 0.15) is 11.4 Å². The summed E-state index contributed by atoms with van der Waals surface area (Å²) in [6.07, 6.45) is 7.86. The van der Waals surface area contributed by atoms with Crippen LogP contribution in [0.2, 0.25) is 0 Å². The van der Waals surface area contributed by atoms with Gasteiger partial charge in [-0.2, -0.15) is 9.49 Å². The van der Waals surface area contributed by atoms with Gasteiger partial charge in [0.2, 0.25) is 11.9 Å². The molecule has 2 atom stereocenters. The maximum atomic E-state index is 13.7. The molecule has 4 heterocycles. The highest BCUT2D eigenvalue weighted by atomic mass is 19.1. The Morgan fingerprint density at radius 2 is 1.84 bits per heavy atom. The van der Waals surface area contributed by atoms with Gasteiger partial charge in [0, 0.05) is 18.7 Å². The normalized spacial score (nSPS) is 22.8. The molecule has 2 fully saturated rings. The third-order valence-electron chi connectivity index (χ3n) is 8.25. The number of hydrogen-bond acceptors (Lipinski definition) is 6. The lowest BCUT2D eigenvalue weighted by Crippen LogP contribution is -2.51. The number of pyridine rings is 1. The van der Waals surface area contributed by atoms with E-state index in [1.807, 2.05) is 36.0 Å². The molecule has 0 spiro atoms. The summed E-state index contributed by atoms with van der Waals surface area (Å²) >= 11 is 0. The Bertz CT molecular complexity index is 1390. The van der Waals surface area contributed by atoms with Crippen molar-refractivity contribution in [3.05, 3.63) is 59.5 Å². The number of aromatic nitrogens is 3. The Morgan fingerprint density at radius 3 is 2.62 bits per heavy atom. The zero-order chi connectivity index (χ0) is 25.1. The van der Waals surface area contributed by atoms with Gasteiger partial charge in [-0.3, -0.25) is 14.6 Å². The second-order valence-corrected chi connectivity index (χ2v) is 10.6. The predicted molar refractivity (Wildman–Crippen MR) is 140 cm³/mol. The van der Waals surface area contributed by atoms with Crippen LogP contribution in [0.15, 0.2) is 47.5 Å². The van der Waals surface area contributed by atoms with Crippen molar-refractivity contribution in [3.63, 3.8) is 0 Å². The minimum Gasteiger partial charge on any atom is -0.367 e. The molecule has 2 aliphatic carbocycles. The van der Waals surface area contributed by atoms with Gasteiger partial charge in [-0.05, 0) is 49.8 Å². The van der Waals surface area contributed by atoms with Crippen molar-refractivity contribution in [1.82, 2.24) is 19.7 Å². The summed E-state index contributed by atoms with van der Waals surface area (Å²) in [6.45, 7) is 0.518. The molecule has 0 radical (unpaired) electrons. The number of nitrogens with one attached hydrogen (secondary N) is 1. The van der Waals surface area contributed by atoms with Crippen LogP contribution in [0.1, 0.15) is 60.9 Å². The Kier molecular flexibility index (Phi) is 5.26. The Balaban J connectivity index is 1.26. The second kappa shape index (κ2) is 8.68. The van der Waals surface area contributed by atoms with Gasteiger partial charge in [0.05, 0.1) is 24.3 Å². The van der Waals surface area contributed by atoms with Crippen molar-refractivity contribution in [3.8, 4) is 11.3 Å². The molecule has 0 bridgehead atoms. The topological polar surface area (TPSA) is 78.7 Å². The average molecular weight is 500 g/mol. The second-order valence-electron chi connectivity index (χ2n) is 10.6. The zero-order valence-corrected chi connectivity index (χ0v) is 20.9. The number of anilines is 2. The van der Waals surface area contributed by atoms with Gasteiger partial charge < -0.3 is 5.32 Å². The molecule has 1 N–H and O–H groups in total. The van der Waals surface area contributed by atoms with Crippen LogP contribution < -0.4 is 10.2 Å². The van der Waals surface area contributed by atoms with Gasteiger partial charge in [-0.15, -0.1) is 0 Å². The number of rotatable bonds is 5. The molecule has 8 nitrogen and oxygen atoms in total. The Hall–Kier alpha value is -3.75. The number of amides is 1. The number of aliphatic imine (C=N–C) groups is 1.